The van der Waals surface area contributed by atoms with Gasteiger partial charge in [0.2, 0.25) is 5.91 Å². The Labute approximate surface area is 157 Å². The van der Waals surface area contributed by atoms with Crippen molar-refractivity contribution < 1.29 is 22.4 Å². The molecule has 0 saturated carbocycles. The van der Waals surface area contributed by atoms with Crippen molar-refractivity contribution >= 4 is 33.3 Å². The molecule has 0 atom stereocenters. The van der Waals surface area contributed by atoms with Crippen LogP contribution in [0.4, 0.5) is 18.9 Å². The number of halogens is 3. The average molecular weight is 384 g/mol. The fourth-order valence-electron chi connectivity index (χ4n) is 3.20. The van der Waals surface area contributed by atoms with Crippen molar-refractivity contribution in [1.82, 2.24) is 5.43 Å². The van der Waals surface area contributed by atoms with E-state index in [4.69, 9.17) is 4.42 Å². The van der Waals surface area contributed by atoms with Gasteiger partial charge in [0.05, 0.1) is 23.9 Å². The molecule has 1 heterocycles. The first-order valence-electron chi connectivity index (χ1n) is 8.52. The fraction of sp³-hybridized carbons (Fsp3) is 0.0952. The van der Waals surface area contributed by atoms with Crippen LogP contribution in [-0.4, -0.2) is 5.91 Å². The third-order valence-corrected chi connectivity index (χ3v) is 4.46. The Balaban J connectivity index is 1.55. The van der Waals surface area contributed by atoms with Crippen molar-refractivity contribution in [2.24, 2.45) is 0 Å². The van der Waals surface area contributed by atoms with Gasteiger partial charge in [0.1, 0.15) is 5.58 Å². The second-order valence-corrected chi connectivity index (χ2v) is 6.31. The van der Waals surface area contributed by atoms with E-state index >= 15 is 0 Å². The summed E-state index contributed by atoms with van der Waals surface area (Å²) in [5, 5.41) is 2.78. The van der Waals surface area contributed by atoms with Crippen LogP contribution in [0.5, 0.6) is 0 Å². The van der Waals surface area contributed by atoms with E-state index in [-0.39, 0.29) is 12.1 Å². The first-order chi connectivity index (χ1) is 13.4. The number of furan rings is 1. The van der Waals surface area contributed by atoms with Gasteiger partial charge in [0.15, 0.2) is 0 Å². The van der Waals surface area contributed by atoms with Gasteiger partial charge >= 0.3 is 6.18 Å². The molecule has 1 amide bonds. The monoisotopic (exact) mass is 384 g/mol. The summed E-state index contributed by atoms with van der Waals surface area (Å²) >= 11 is 0. The highest BCUT2D eigenvalue weighted by Gasteiger charge is 2.33. The molecule has 0 saturated heterocycles. The zero-order valence-electron chi connectivity index (χ0n) is 14.5. The number of hydrogen-bond donors (Lipinski definition) is 2. The smallest absolute Gasteiger partial charge is 0.418 e. The summed E-state index contributed by atoms with van der Waals surface area (Å²) < 4.78 is 44.6. The topological polar surface area (TPSA) is 54.3 Å². The average Bonchev–Trinajstić information content (AvgIpc) is 3.09. The molecule has 0 bridgehead atoms. The molecule has 0 fully saturated rings. The second kappa shape index (κ2) is 6.92. The van der Waals surface area contributed by atoms with E-state index in [9.17, 15) is 18.0 Å². The Morgan fingerprint density at radius 2 is 1.71 bits per heavy atom. The third-order valence-electron chi connectivity index (χ3n) is 4.46. The van der Waals surface area contributed by atoms with Gasteiger partial charge in [0, 0.05) is 10.9 Å². The number of amides is 1. The third kappa shape index (κ3) is 3.38. The van der Waals surface area contributed by atoms with Crippen LogP contribution in [0.2, 0.25) is 0 Å². The maximum absolute atomic E-state index is 13.0. The van der Waals surface area contributed by atoms with E-state index in [0.29, 0.717) is 11.1 Å². The van der Waals surface area contributed by atoms with Crippen LogP contribution >= 0.6 is 0 Å². The number of rotatable bonds is 4. The molecule has 7 heteroatoms. The van der Waals surface area contributed by atoms with E-state index in [2.05, 4.69) is 10.9 Å². The first-order valence-corrected chi connectivity index (χ1v) is 8.52. The molecule has 0 aliphatic rings. The van der Waals surface area contributed by atoms with Crippen molar-refractivity contribution in [1.29, 1.82) is 0 Å². The largest absolute Gasteiger partial charge is 0.464 e. The minimum absolute atomic E-state index is 0.0395. The quantitative estimate of drug-likeness (QED) is 0.470. The number of nitrogens with one attached hydrogen (secondary N) is 2. The number of anilines is 1. The number of hydrogen-bond acceptors (Lipinski definition) is 3. The molecule has 0 spiro atoms. The van der Waals surface area contributed by atoms with E-state index in [1.165, 1.54) is 24.5 Å². The van der Waals surface area contributed by atoms with Crippen LogP contribution in [0.3, 0.4) is 0 Å². The summed E-state index contributed by atoms with van der Waals surface area (Å²) in [6.07, 6.45) is -3.06. The molecular weight excluding hydrogens is 369 g/mol. The molecule has 4 rings (SSSR count). The molecule has 142 valence electrons. The van der Waals surface area contributed by atoms with Crippen LogP contribution in [0.15, 0.2) is 71.3 Å². The fourth-order valence-corrected chi connectivity index (χ4v) is 3.20. The highest BCUT2D eigenvalue weighted by Crippen LogP contribution is 2.34. The standard InChI is InChI=1S/C21H15F3N2O2/c22-21(23,24)16-7-3-4-8-17(16)25-26-19(27)11-14-12-28-18-10-9-13-5-1-2-6-15(13)20(14)18/h1-10,12,25H,11H2,(H,26,27). The lowest BCUT2D eigenvalue weighted by Gasteiger charge is -2.14. The summed E-state index contributed by atoms with van der Waals surface area (Å²) in [5.74, 6) is -0.479. The van der Waals surface area contributed by atoms with E-state index in [1.807, 2.05) is 36.4 Å². The Bertz CT molecular complexity index is 1170. The molecule has 0 unspecified atom stereocenters. The highest BCUT2D eigenvalue weighted by molar-refractivity contribution is 6.08. The van der Waals surface area contributed by atoms with Crippen molar-refractivity contribution in [3.8, 4) is 0 Å². The van der Waals surface area contributed by atoms with Crippen LogP contribution in [0.1, 0.15) is 11.1 Å². The number of carbonyl (C=O) groups is 1. The summed E-state index contributed by atoms with van der Waals surface area (Å²) in [6, 6.07) is 16.4. The Hall–Kier alpha value is -3.48. The first kappa shape index (κ1) is 17.9. The van der Waals surface area contributed by atoms with Crippen molar-refractivity contribution in [3.63, 3.8) is 0 Å². The van der Waals surface area contributed by atoms with Crippen molar-refractivity contribution in [2.75, 3.05) is 5.43 Å². The molecular formula is C21H15F3N2O2. The van der Waals surface area contributed by atoms with Crippen LogP contribution in [0, 0.1) is 0 Å². The second-order valence-electron chi connectivity index (χ2n) is 6.31. The summed E-state index contributed by atoms with van der Waals surface area (Å²) in [4.78, 5) is 12.3. The van der Waals surface area contributed by atoms with Crippen LogP contribution in [-0.2, 0) is 17.4 Å². The predicted molar refractivity (Wildman–Crippen MR) is 101 cm³/mol. The normalized spacial score (nSPS) is 11.7. The molecule has 0 aliphatic heterocycles. The van der Waals surface area contributed by atoms with Gasteiger partial charge in [-0.3, -0.25) is 15.6 Å². The number of carbonyl (C=O) groups excluding carboxylic acids is 1. The van der Waals surface area contributed by atoms with Gasteiger partial charge in [-0.15, -0.1) is 0 Å². The number of hydrazine groups is 1. The number of para-hydroxylation sites is 1. The number of fused-ring (bicyclic) bond motifs is 3. The van der Waals surface area contributed by atoms with Crippen LogP contribution < -0.4 is 10.9 Å². The molecule has 1 aromatic heterocycles. The lowest BCUT2D eigenvalue weighted by Crippen LogP contribution is -2.31. The van der Waals surface area contributed by atoms with E-state index < -0.39 is 17.6 Å². The molecule has 0 aliphatic carbocycles. The molecule has 28 heavy (non-hydrogen) atoms. The molecule has 4 aromatic rings. The van der Waals surface area contributed by atoms with Gasteiger partial charge in [-0.2, -0.15) is 13.2 Å². The van der Waals surface area contributed by atoms with E-state index in [1.54, 1.807) is 0 Å². The SMILES string of the molecule is O=C(Cc1coc2ccc3ccccc3c12)NNc1ccccc1C(F)(F)F. The van der Waals surface area contributed by atoms with Crippen molar-refractivity contribution in [3.05, 3.63) is 78.1 Å². The van der Waals surface area contributed by atoms with Gasteiger partial charge < -0.3 is 4.42 Å². The number of benzene rings is 3. The zero-order chi connectivity index (χ0) is 19.7. The van der Waals surface area contributed by atoms with Crippen LogP contribution in [0.25, 0.3) is 21.7 Å². The lowest BCUT2D eigenvalue weighted by atomic mass is 10.0. The van der Waals surface area contributed by atoms with Gasteiger partial charge in [0.25, 0.3) is 0 Å². The maximum Gasteiger partial charge on any atom is 0.418 e. The van der Waals surface area contributed by atoms with Gasteiger partial charge in [-0.25, -0.2) is 0 Å². The summed E-state index contributed by atoms with van der Waals surface area (Å²) in [7, 11) is 0. The lowest BCUT2D eigenvalue weighted by molar-refractivity contribution is -0.137. The molecule has 2 N–H and O–H groups in total. The van der Waals surface area contributed by atoms with Gasteiger partial charge in [-0.1, -0.05) is 42.5 Å². The Morgan fingerprint density at radius 3 is 2.54 bits per heavy atom. The Kier molecular flexibility index (Phi) is 4.43. The highest BCUT2D eigenvalue weighted by atomic mass is 19.4. The minimum atomic E-state index is -4.52. The minimum Gasteiger partial charge on any atom is -0.464 e. The Morgan fingerprint density at radius 1 is 0.964 bits per heavy atom. The van der Waals surface area contributed by atoms with Crippen molar-refractivity contribution in [2.45, 2.75) is 12.6 Å². The summed E-state index contributed by atoms with van der Waals surface area (Å²) in [5.41, 5.74) is 4.94. The zero-order valence-corrected chi connectivity index (χ0v) is 14.5. The maximum atomic E-state index is 13.0. The number of alkyl halides is 3. The predicted octanol–water partition coefficient (Wildman–Crippen LogP) is 5.29. The molecule has 3 aromatic carbocycles. The molecule has 4 nitrogen and oxygen atoms in total. The molecule has 0 radical (unpaired) electrons. The van der Waals surface area contributed by atoms with Gasteiger partial charge in [-0.05, 0) is 29.0 Å². The van der Waals surface area contributed by atoms with E-state index in [0.717, 1.165) is 22.2 Å². The summed E-state index contributed by atoms with van der Waals surface area (Å²) in [6.45, 7) is 0.